The summed E-state index contributed by atoms with van der Waals surface area (Å²) in [6.45, 7) is 7.09. The molecule has 0 spiro atoms. The van der Waals surface area contributed by atoms with Crippen LogP contribution in [0.3, 0.4) is 0 Å². The minimum atomic E-state index is -0.472. The van der Waals surface area contributed by atoms with Crippen LogP contribution >= 0.6 is 11.6 Å². The van der Waals surface area contributed by atoms with Crippen LogP contribution in [0.25, 0.3) is 10.9 Å². The van der Waals surface area contributed by atoms with E-state index in [1.165, 1.54) is 57.8 Å². The maximum atomic E-state index is 12.7. The van der Waals surface area contributed by atoms with E-state index >= 15 is 0 Å². The highest BCUT2D eigenvalue weighted by atomic mass is 35.5. The molecule has 4 aliphatic rings. The number of rotatable bonds is 5. The van der Waals surface area contributed by atoms with Gasteiger partial charge < -0.3 is 15.0 Å². The van der Waals surface area contributed by atoms with Gasteiger partial charge in [-0.1, -0.05) is 81.0 Å². The first-order valence-electron chi connectivity index (χ1n) is 17.3. The van der Waals surface area contributed by atoms with Crippen LogP contribution in [0.4, 0.5) is 10.5 Å². The fourth-order valence-electron chi connectivity index (χ4n) is 7.59. The second-order valence-electron chi connectivity index (χ2n) is 14.7. The number of ether oxygens (including phenoxy) is 1. The van der Waals surface area contributed by atoms with Crippen LogP contribution in [0.15, 0.2) is 24.3 Å². The standard InChI is InChI=1S/C28H38ClN3O3.C8H14B/c1-28(2,3)35-27(34)32-15-13-20(14-16-32)17-21-9-10-22-24(30-21)12-11-23(29)26(22)31-25(33)18-19-7-5-4-6-8-19;1-3-7-5-2-6-8(4-1)9-7/h9-12,19-20H,4-8,13-18H2,1-3H3,(H,31,33);7-8H,1-6H2. The van der Waals surface area contributed by atoms with Gasteiger partial charge in [-0.3, -0.25) is 9.78 Å². The quantitative estimate of drug-likeness (QED) is 0.338. The van der Waals surface area contributed by atoms with Crippen LogP contribution in [-0.4, -0.2) is 47.9 Å². The molecule has 2 aromatic rings. The maximum absolute atomic E-state index is 12.7. The number of benzene rings is 1. The van der Waals surface area contributed by atoms with E-state index in [-0.39, 0.29) is 12.0 Å². The third-order valence-corrected chi connectivity index (χ3v) is 10.3. The average Bonchev–Trinajstić information content (AvgIpc) is 2.99. The van der Waals surface area contributed by atoms with Crippen LogP contribution in [0, 0.1) is 11.8 Å². The van der Waals surface area contributed by atoms with E-state index in [1.807, 2.05) is 45.0 Å². The van der Waals surface area contributed by atoms with Crippen LogP contribution in [0.5, 0.6) is 0 Å². The topological polar surface area (TPSA) is 71.5 Å². The lowest BCUT2D eigenvalue weighted by Gasteiger charge is -2.33. The van der Waals surface area contributed by atoms with Crippen molar-refractivity contribution < 1.29 is 14.3 Å². The zero-order chi connectivity index (χ0) is 31.1. The summed E-state index contributed by atoms with van der Waals surface area (Å²) in [7, 11) is 2.62. The molecule has 0 unspecified atom stereocenters. The van der Waals surface area contributed by atoms with Crippen LogP contribution in [0.1, 0.15) is 116 Å². The van der Waals surface area contributed by atoms with Crippen molar-refractivity contribution in [2.24, 2.45) is 11.8 Å². The van der Waals surface area contributed by atoms with Crippen molar-refractivity contribution in [3.8, 4) is 0 Å². The van der Waals surface area contributed by atoms with Crippen molar-refractivity contribution in [3.05, 3.63) is 35.0 Å². The summed E-state index contributed by atoms with van der Waals surface area (Å²) in [6.07, 6.45) is 18.1. The predicted octanol–water partition coefficient (Wildman–Crippen LogP) is 9.62. The number of pyridine rings is 1. The number of anilines is 1. The number of carbonyl (C=O) groups excluding carboxylic acids is 2. The Morgan fingerprint density at radius 3 is 2.16 bits per heavy atom. The van der Waals surface area contributed by atoms with Gasteiger partial charge in [0.2, 0.25) is 5.91 Å². The summed E-state index contributed by atoms with van der Waals surface area (Å²) < 4.78 is 5.50. The van der Waals surface area contributed by atoms with Crippen molar-refractivity contribution >= 4 is 47.5 Å². The molecule has 1 aliphatic carbocycles. The summed E-state index contributed by atoms with van der Waals surface area (Å²) in [5, 5.41) is 4.49. The lowest BCUT2D eigenvalue weighted by Crippen LogP contribution is -2.42. The van der Waals surface area contributed by atoms with E-state index in [4.69, 9.17) is 21.3 Å². The van der Waals surface area contributed by atoms with Gasteiger partial charge in [0, 0.05) is 30.6 Å². The third-order valence-electron chi connectivity index (χ3n) is 9.95. The first-order valence-corrected chi connectivity index (χ1v) is 17.7. The highest BCUT2D eigenvalue weighted by Gasteiger charge is 2.28. The van der Waals surface area contributed by atoms with E-state index in [0.717, 1.165) is 60.3 Å². The molecule has 1 aromatic heterocycles. The zero-order valence-electron chi connectivity index (χ0n) is 27.2. The van der Waals surface area contributed by atoms with Crippen molar-refractivity contribution in [3.63, 3.8) is 0 Å². The monoisotopic (exact) mass is 620 g/mol. The molecule has 6 nitrogen and oxygen atoms in total. The second kappa shape index (κ2) is 15.3. The van der Waals surface area contributed by atoms with Gasteiger partial charge in [-0.05, 0) is 89.0 Å². The molecule has 1 saturated carbocycles. The second-order valence-corrected chi connectivity index (χ2v) is 15.1. The molecule has 4 heterocycles. The molecule has 44 heavy (non-hydrogen) atoms. The maximum Gasteiger partial charge on any atom is 0.410 e. The lowest BCUT2D eigenvalue weighted by atomic mass is 9.44. The number of aromatic nitrogens is 1. The van der Waals surface area contributed by atoms with E-state index in [2.05, 4.69) is 12.6 Å². The number of likely N-dealkylation sites (tertiary alicyclic amines) is 1. The molecule has 1 N–H and O–H groups in total. The summed E-state index contributed by atoms with van der Waals surface area (Å²) in [6, 6.07) is 7.80. The molecule has 0 atom stereocenters. The third kappa shape index (κ3) is 9.61. The number of carbonyl (C=O) groups is 2. The zero-order valence-corrected chi connectivity index (χ0v) is 28.0. The molecule has 2 bridgehead atoms. The molecule has 239 valence electrons. The van der Waals surface area contributed by atoms with Gasteiger partial charge in [-0.2, -0.15) is 0 Å². The van der Waals surface area contributed by atoms with E-state index < -0.39 is 5.60 Å². The Labute approximate surface area is 270 Å². The highest BCUT2D eigenvalue weighted by Crippen LogP contribution is 2.41. The molecular formula is C36H52BClN3O3. The summed E-state index contributed by atoms with van der Waals surface area (Å²) >= 11 is 6.48. The first kappa shape index (κ1) is 33.1. The minimum Gasteiger partial charge on any atom is -0.444 e. The molecule has 4 fully saturated rings. The Morgan fingerprint density at radius 1 is 0.886 bits per heavy atom. The number of fused-ring (bicyclic) bond motifs is 3. The number of hydrogen-bond acceptors (Lipinski definition) is 4. The van der Waals surface area contributed by atoms with Gasteiger partial charge in [0.1, 0.15) is 12.9 Å². The summed E-state index contributed by atoms with van der Waals surface area (Å²) in [5.74, 6) is 3.03. The van der Waals surface area contributed by atoms with Crippen LogP contribution in [0.2, 0.25) is 16.7 Å². The molecule has 1 radical (unpaired) electrons. The number of halogens is 1. The van der Waals surface area contributed by atoms with Crippen molar-refractivity contribution in [1.29, 1.82) is 0 Å². The van der Waals surface area contributed by atoms with Crippen LogP contribution in [-0.2, 0) is 16.0 Å². The molecule has 8 heteroatoms. The SMILES string of the molecule is CC(C)(C)OC(=O)N1CCC(Cc2ccc3c(NC(=O)CC4CCCCC4)c(Cl)ccc3n2)CC1.[B]1C2CCCC1CCC2. The van der Waals surface area contributed by atoms with Gasteiger partial charge in [-0.25, -0.2) is 4.79 Å². The lowest BCUT2D eigenvalue weighted by molar-refractivity contribution is -0.117. The Hall–Kier alpha value is -2.28. The largest absolute Gasteiger partial charge is 0.444 e. The van der Waals surface area contributed by atoms with Gasteiger partial charge in [0.15, 0.2) is 0 Å². The Bertz CT molecular complexity index is 1250. The first-order chi connectivity index (χ1) is 21.1. The number of amides is 2. The molecule has 1 aromatic carbocycles. The smallest absolute Gasteiger partial charge is 0.410 e. The highest BCUT2D eigenvalue weighted by molar-refractivity contribution is 6.40. The van der Waals surface area contributed by atoms with E-state index in [9.17, 15) is 9.59 Å². The Balaban J connectivity index is 0.000000361. The summed E-state index contributed by atoms with van der Waals surface area (Å²) in [5.41, 5.74) is 2.05. The average molecular weight is 621 g/mol. The molecule has 3 saturated heterocycles. The normalized spacial score (nSPS) is 22.9. The van der Waals surface area contributed by atoms with Crippen LogP contribution < -0.4 is 5.32 Å². The summed E-state index contributed by atoms with van der Waals surface area (Å²) in [4.78, 5) is 31.7. The molecule has 2 amide bonds. The number of nitrogens with one attached hydrogen (secondary N) is 1. The van der Waals surface area contributed by atoms with Crippen molar-refractivity contribution in [1.82, 2.24) is 9.88 Å². The van der Waals surface area contributed by atoms with Gasteiger partial charge in [-0.15, -0.1) is 0 Å². The minimum absolute atomic E-state index is 0.0344. The number of piperidine rings is 1. The molecule has 3 aliphatic heterocycles. The van der Waals surface area contributed by atoms with Gasteiger partial charge in [0.05, 0.1) is 16.2 Å². The predicted molar refractivity (Wildman–Crippen MR) is 182 cm³/mol. The fraction of sp³-hybridized carbons (Fsp3) is 0.694. The Morgan fingerprint density at radius 2 is 1.55 bits per heavy atom. The van der Waals surface area contributed by atoms with Crippen molar-refractivity contribution in [2.75, 3.05) is 18.4 Å². The van der Waals surface area contributed by atoms with E-state index in [0.29, 0.717) is 42.1 Å². The van der Waals surface area contributed by atoms with E-state index in [1.54, 1.807) is 4.90 Å². The number of hydrogen-bond donors (Lipinski definition) is 1. The van der Waals surface area contributed by atoms with Gasteiger partial charge >= 0.3 is 6.09 Å². The van der Waals surface area contributed by atoms with Crippen molar-refractivity contribution in [2.45, 2.75) is 134 Å². The molecular weight excluding hydrogens is 569 g/mol. The molecule has 6 rings (SSSR count). The van der Waals surface area contributed by atoms with Gasteiger partial charge in [0.25, 0.3) is 0 Å². The Kier molecular flexibility index (Phi) is 11.5. The number of nitrogens with zero attached hydrogens (tertiary/aromatic N) is 2. The fourth-order valence-corrected chi connectivity index (χ4v) is 7.80.